The maximum absolute atomic E-state index is 4.44. The Kier molecular flexibility index (Phi) is 2.96. The summed E-state index contributed by atoms with van der Waals surface area (Å²) in [6.07, 6.45) is 4.06. The zero-order chi connectivity index (χ0) is 9.10. The summed E-state index contributed by atoms with van der Waals surface area (Å²) < 4.78 is 4.44. The fraction of sp³-hybridized carbons (Fsp3) is 0.700. The molecule has 1 aromatic rings. The van der Waals surface area contributed by atoms with E-state index in [4.69, 9.17) is 0 Å². The number of hydrogen-bond acceptors (Lipinski definition) is 3. The molecule has 0 radical (unpaired) electrons. The quantitative estimate of drug-likeness (QED) is 0.802. The van der Waals surface area contributed by atoms with Gasteiger partial charge in [-0.2, -0.15) is 4.37 Å². The fourth-order valence-electron chi connectivity index (χ4n) is 2.35. The Balaban J connectivity index is 2.05. The maximum atomic E-state index is 4.44. The molecule has 0 amide bonds. The van der Waals surface area contributed by atoms with Gasteiger partial charge in [-0.15, -0.1) is 0 Å². The van der Waals surface area contributed by atoms with Crippen LogP contribution in [-0.4, -0.2) is 18.0 Å². The lowest BCUT2D eigenvalue weighted by Crippen LogP contribution is -2.21. The third-order valence-electron chi connectivity index (χ3n) is 2.96. The van der Waals surface area contributed by atoms with Gasteiger partial charge in [-0.1, -0.05) is 6.42 Å². The molecular formula is C10H16N2S. The van der Waals surface area contributed by atoms with Crippen molar-refractivity contribution in [3.8, 4) is 0 Å². The van der Waals surface area contributed by atoms with Crippen LogP contribution in [-0.2, 0) is 0 Å². The summed E-state index contributed by atoms with van der Waals surface area (Å²) in [4.78, 5) is 0. The van der Waals surface area contributed by atoms with E-state index >= 15 is 0 Å². The molecular weight excluding hydrogens is 180 g/mol. The molecule has 2 nitrogen and oxygen atoms in total. The standard InChI is InChI=1S/C10H16N2S/c1-11-7-8-3-2-4-9(8)10-5-6-13-12-10/h5-6,8-9,11H,2-4,7H2,1H3. The zero-order valence-corrected chi connectivity index (χ0v) is 8.81. The topological polar surface area (TPSA) is 24.9 Å². The van der Waals surface area contributed by atoms with Gasteiger partial charge in [0, 0.05) is 11.3 Å². The highest BCUT2D eigenvalue weighted by molar-refractivity contribution is 7.03. The molecule has 0 spiro atoms. The average molecular weight is 196 g/mol. The summed E-state index contributed by atoms with van der Waals surface area (Å²) in [5.41, 5.74) is 1.32. The molecule has 3 heteroatoms. The molecule has 2 rings (SSSR count). The second-order valence-electron chi connectivity index (χ2n) is 3.78. The lowest BCUT2D eigenvalue weighted by Gasteiger charge is -2.16. The van der Waals surface area contributed by atoms with Gasteiger partial charge in [0.15, 0.2) is 0 Å². The number of nitrogens with zero attached hydrogens (tertiary/aromatic N) is 1. The molecule has 1 saturated carbocycles. The van der Waals surface area contributed by atoms with E-state index in [9.17, 15) is 0 Å². The van der Waals surface area contributed by atoms with Gasteiger partial charge in [-0.25, -0.2) is 0 Å². The third kappa shape index (κ3) is 1.92. The highest BCUT2D eigenvalue weighted by Crippen LogP contribution is 2.38. The van der Waals surface area contributed by atoms with E-state index in [-0.39, 0.29) is 0 Å². The maximum Gasteiger partial charge on any atom is 0.0576 e. The average Bonchev–Trinajstić information content (AvgIpc) is 2.71. The van der Waals surface area contributed by atoms with Gasteiger partial charge >= 0.3 is 0 Å². The van der Waals surface area contributed by atoms with Crippen LogP contribution in [0.4, 0.5) is 0 Å². The summed E-state index contributed by atoms with van der Waals surface area (Å²) in [5, 5.41) is 5.36. The van der Waals surface area contributed by atoms with Crippen LogP contribution in [0.2, 0.25) is 0 Å². The van der Waals surface area contributed by atoms with Crippen LogP contribution in [0.1, 0.15) is 30.9 Å². The number of hydrogen-bond donors (Lipinski definition) is 1. The highest BCUT2D eigenvalue weighted by atomic mass is 32.1. The van der Waals surface area contributed by atoms with Crippen LogP contribution in [0.3, 0.4) is 0 Å². The smallest absolute Gasteiger partial charge is 0.0576 e. The summed E-state index contributed by atoms with van der Waals surface area (Å²) in [6.45, 7) is 1.14. The van der Waals surface area contributed by atoms with E-state index in [1.54, 1.807) is 11.5 Å². The Morgan fingerprint density at radius 3 is 3.23 bits per heavy atom. The van der Waals surface area contributed by atoms with Crippen molar-refractivity contribution in [2.45, 2.75) is 25.2 Å². The summed E-state index contributed by atoms with van der Waals surface area (Å²) in [5.74, 6) is 1.53. The second kappa shape index (κ2) is 4.20. The minimum atomic E-state index is 0.721. The monoisotopic (exact) mass is 196 g/mol. The first-order chi connectivity index (χ1) is 6.42. The molecule has 1 aliphatic carbocycles. The molecule has 0 bridgehead atoms. The van der Waals surface area contributed by atoms with Gasteiger partial charge in [0.25, 0.3) is 0 Å². The molecule has 0 saturated heterocycles. The summed E-state index contributed by atoms with van der Waals surface area (Å²) >= 11 is 1.58. The van der Waals surface area contributed by atoms with Crippen molar-refractivity contribution in [1.29, 1.82) is 0 Å². The molecule has 1 aliphatic rings. The Morgan fingerprint density at radius 2 is 2.54 bits per heavy atom. The van der Waals surface area contributed by atoms with Crippen molar-refractivity contribution in [2.24, 2.45) is 5.92 Å². The number of rotatable bonds is 3. The van der Waals surface area contributed by atoms with Gasteiger partial charge in [-0.3, -0.25) is 0 Å². The van der Waals surface area contributed by atoms with Crippen molar-refractivity contribution in [2.75, 3.05) is 13.6 Å². The van der Waals surface area contributed by atoms with Gasteiger partial charge in [0.1, 0.15) is 0 Å². The zero-order valence-electron chi connectivity index (χ0n) is 7.99. The Bertz CT molecular complexity index is 245. The minimum absolute atomic E-state index is 0.721. The van der Waals surface area contributed by atoms with Crippen molar-refractivity contribution in [3.05, 3.63) is 17.1 Å². The van der Waals surface area contributed by atoms with Gasteiger partial charge in [0.2, 0.25) is 0 Å². The lowest BCUT2D eigenvalue weighted by atomic mass is 9.93. The summed E-state index contributed by atoms with van der Waals surface area (Å²) in [7, 11) is 2.04. The van der Waals surface area contributed by atoms with Gasteiger partial charge in [-0.05, 0) is 50.0 Å². The first-order valence-electron chi connectivity index (χ1n) is 4.96. The van der Waals surface area contributed by atoms with Crippen LogP contribution >= 0.6 is 11.5 Å². The van der Waals surface area contributed by atoms with Crippen LogP contribution < -0.4 is 5.32 Å². The molecule has 0 aliphatic heterocycles. The normalized spacial score (nSPS) is 28.1. The SMILES string of the molecule is CNCC1CCCC1c1ccsn1. The molecule has 1 aromatic heterocycles. The molecule has 1 fully saturated rings. The van der Waals surface area contributed by atoms with E-state index in [0.717, 1.165) is 18.4 Å². The van der Waals surface area contributed by atoms with E-state index < -0.39 is 0 Å². The molecule has 0 aromatic carbocycles. The first-order valence-corrected chi connectivity index (χ1v) is 5.80. The van der Waals surface area contributed by atoms with Gasteiger partial charge < -0.3 is 5.32 Å². The van der Waals surface area contributed by atoms with E-state index in [1.807, 2.05) is 7.05 Å². The molecule has 1 N–H and O–H groups in total. The van der Waals surface area contributed by atoms with E-state index in [2.05, 4.69) is 21.1 Å². The van der Waals surface area contributed by atoms with Crippen LogP contribution in [0.25, 0.3) is 0 Å². The van der Waals surface area contributed by atoms with Crippen molar-refractivity contribution >= 4 is 11.5 Å². The molecule has 1 heterocycles. The van der Waals surface area contributed by atoms with E-state index in [0.29, 0.717) is 0 Å². The molecule has 2 atom stereocenters. The van der Waals surface area contributed by atoms with E-state index in [1.165, 1.54) is 25.0 Å². The number of aromatic nitrogens is 1. The van der Waals surface area contributed by atoms with Crippen LogP contribution in [0.5, 0.6) is 0 Å². The predicted octanol–water partition coefficient (Wildman–Crippen LogP) is 2.25. The Hall–Kier alpha value is -0.410. The minimum Gasteiger partial charge on any atom is -0.319 e. The molecule has 72 valence electrons. The second-order valence-corrected chi connectivity index (χ2v) is 4.45. The van der Waals surface area contributed by atoms with Crippen LogP contribution in [0.15, 0.2) is 11.4 Å². The Morgan fingerprint density at radius 1 is 1.62 bits per heavy atom. The molecule has 2 unspecified atom stereocenters. The summed E-state index contributed by atoms with van der Waals surface area (Å²) in [6, 6.07) is 2.18. The predicted molar refractivity (Wildman–Crippen MR) is 56.1 cm³/mol. The Labute approximate surface area is 83.5 Å². The highest BCUT2D eigenvalue weighted by Gasteiger charge is 2.28. The fourth-order valence-corrected chi connectivity index (χ4v) is 2.92. The van der Waals surface area contributed by atoms with Crippen molar-refractivity contribution < 1.29 is 0 Å². The first kappa shape index (κ1) is 9.16. The van der Waals surface area contributed by atoms with Crippen molar-refractivity contribution in [1.82, 2.24) is 9.69 Å². The van der Waals surface area contributed by atoms with Crippen molar-refractivity contribution in [3.63, 3.8) is 0 Å². The number of nitrogens with one attached hydrogen (secondary N) is 1. The van der Waals surface area contributed by atoms with Crippen LogP contribution in [0, 0.1) is 5.92 Å². The largest absolute Gasteiger partial charge is 0.319 e. The molecule has 13 heavy (non-hydrogen) atoms. The van der Waals surface area contributed by atoms with Gasteiger partial charge in [0.05, 0.1) is 5.69 Å². The third-order valence-corrected chi connectivity index (χ3v) is 3.54. The lowest BCUT2D eigenvalue weighted by molar-refractivity contribution is 0.458.